The lowest BCUT2D eigenvalue weighted by Gasteiger charge is -2.26. The molecule has 1 N–H and O–H groups in total. The molecule has 0 bridgehead atoms. The van der Waals surface area contributed by atoms with Crippen molar-refractivity contribution < 1.29 is 0 Å². The zero-order valence-corrected chi connectivity index (χ0v) is 8.18. The van der Waals surface area contributed by atoms with Gasteiger partial charge in [0.2, 0.25) is 0 Å². The largest absolute Gasteiger partial charge is 0.310 e. The van der Waals surface area contributed by atoms with Gasteiger partial charge in [-0.1, -0.05) is 13.3 Å². The van der Waals surface area contributed by atoms with E-state index < -0.39 is 0 Å². The minimum absolute atomic E-state index is 0.793. The fourth-order valence-electron chi connectivity index (χ4n) is 1.85. The standard InChI is InChI=1S/C11H21N/c1-3-4-9-12-11-7-5-10(2)6-8-11/h3,10-12H,1,4-9H2,2H3. The molecule has 0 radical (unpaired) electrons. The molecule has 1 saturated carbocycles. The van der Waals surface area contributed by atoms with Crippen LogP contribution in [0.15, 0.2) is 0 Å². The van der Waals surface area contributed by atoms with Gasteiger partial charge < -0.3 is 5.32 Å². The van der Waals surface area contributed by atoms with Crippen molar-refractivity contribution >= 4 is 0 Å². The number of hydrogen-bond acceptors (Lipinski definition) is 1. The third-order valence-electron chi connectivity index (χ3n) is 2.80. The minimum Gasteiger partial charge on any atom is -0.310 e. The molecule has 0 aromatic rings. The molecule has 1 heteroatoms. The second-order valence-electron chi connectivity index (χ2n) is 3.99. The smallest absolute Gasteiger partial charge is 0.0694 e. The summed E-state index contributed by atoms with van der Waals surface area (Å²) in [5.41, 5.74) is 0. The molecule has 1 rings (SSSR count). The first-order chi connectivity index (χ1) is 5.83. The lowest BCUT2D eigenvalue weighted by Crippen LogP contribution is -2.33. The summed E-state index contributed by atoms with van der Waals surface area (Å²) in [6, 6.07) is 0.793. The molecule has 1 aliphatic carbocycles. The van der Waals surface area contributed by atoms with Gasteiger partial charge in [0.25, 0.3) is 0 Å². The second kappa shape index (κ2) is 5.47. The highest BCUT2D eigenvalue weighted by Gasteiger charge is 2.16. The average Bonchev–Trinajstić information content (AvgIpc) is 2.09. The molecule has 0 aromatic heterocycles. The van der Waals surface area contributed by atoms with Crippen LogP contribution in [0, 0.1) is 19.3 Å². The minimum atomic E-state index is 0.793. The lowest BCUT2D eigenvalue weighted by molar-refractivity contribution is 0.309. The molecule has 0 heterocycles. The van der Waals surface area contributed by atoms with Crippen LogP contribution in [0.5, 0.6) is 0 Å². The summed E-state index contributed by atoms with van der Waals surface area (Å²) >= 11 is 0. The molecule has 1 fully saturated rings. The molecule has 0 spiro atoms. The molecule has 0 aromatic carbocycles. The Kier molecular flexibility index (Phi) is 4.52. The summed E-state index contributed by atoms with van der Waals surface area (Å²) in [4.78, 5) is 0. The van der Waals surface area contributed by atoms with Gasteiger partial charge in [-0.25, -0.2) is 0 Å². The van der Waals surface area contributed by atoms with Crippen molar-refractivity contribution in [3.05, 3.63) is 13.3 Å². The average molecular weight is 167 g/mol. The predicted molar refractivity (Wildman–Crippen MR) is 53.7 cm³/mol. The van der Waals surface area contributed by atoms with Crippen LogP contribution in [0.25, 0.3) is 0 Å². The van der Waals surface area contributed by atoms with Crippen LogP contribution in [-0.4, -0.2) is 12.6 Å². The Labute approximate surface area is 76.9 Å². The number of unbranched alkanes of at least 4 members (excludes halogenated alkanes) is 1. The fraction of sp³-hybridized carbons (Fsp3) is 0.818. The van der Waals surface area contributed by atoms with E-state index in [0.717, 1.165) is 24.9 Å². The Morgan fingerprint density at radius 1 is 1.33 bits per heavy atom. The Morgan fingerprint density at radius 3 is 2.58 bits per heavy atom. The summed E-state index contributed by atoms with van der Waals surface area (Å²) in [5.74, 6) is 0.961. The molecule has 0 unspecified atom stereocenters. The molecular weight excluding hydrogens is 146 g/mol. The van der Waals surface area contributed by atoms with Crippen LogP contribution in [0.1, 0.15) is 39.0 Å². The van der Waals surface area contributed by atoms with Crippen LogP contribution >= 0.6 is 0 Å². The third-order valence-corrected chi connectivity index (χ3v) is 2.80. The van der Waals surface area contributed by atoms with E-state index in [1.54, 1.807) is 0 Å². The van der Waals surface area contributed by atoms with Crippen LogP contribution in [-0.2, 0) is 0 Å². The topological polar surface area (TPSA) is 12.0 Å². The van der Waals surface area contributed by atoms with Gasteiger partial charge in [0.1, 0.15) is 0 Å². The Balaban J connectivity index is 2.01. The fourth-order valence-corrected chi connectivity index (χ4v) is 1.85. The molecule has 0 amide bonds. The van der Waals surface area contributed by atoms with Crippen molar-refractivity contribution in [1.29, 1.82) is 0 Å². The maximum atomic E-state index is 3.72. The van der Waals surface area contributed by atoms with E-state index >= 15 is 0 Å². The highest BCUT2D eigenvalue weighted by atomic mass is 14.9. The van der Waals surface area contributed by atoms with Gasteiger partial charge in [0, 0.05) is 12.6 Å². The molecular formula is C11H21N. The summed E-state index contributed by atoms with van der Waals surface area (Å²) in [7, 11) is 0. The Bertz CT molecular complexity index is 104. The van der Waals surface area contributed by atoms with Crippen molar-refractivity contribution in [2.45, 2.75) is 45.1 Å². The summed E-state index contributed by atoms with van der Waals surface area (Å²) in [6.07, 6.45) is 8.65. The first kappa shape index (κ1) is 9.91. The van der Waals surface area contributed by atoms with Crippen molar-refractivity contribution in [3.8, 4) is 0 Å². The van der Waals surface area contributed by atoms with E-state index in [2.05, 4.69) is 19.2 Å². The molecule has 0 atom stereocenters. The Morgan fingerprint density at radius 2 is 2.00 bits per heavy atom. The Hall–Kier alpha value is -0.170. The van der Waals surface area contributed by atoms with Crippen molar-refractivity contribution in [3.63, 3.8) is 0 Å². The van der Waals surface area contributed by atoms with Crippen LogP contribution in [0.2, 0.25) is 0 Å². The van der Waals surface area contributed by atoms with Gasteiger partial charge >= 0.3 is 0 Å². The lowest BCUT2D eigenvalue weighted by atomic mass is 9.87. The van der Waals surface area contributed by atoms with Crippen molar-refractivity contribution in [2.24, 2.45) is 5.92 Å². The third kappa shape index (κ3) is 3.48. The van der Waals surface area contributed by atoms with Gasteiger partial charge in [-0.05, 0) is 31.6 Å². The molecule has 0 saturated heterocycles. The van der Waals surface area contributed by atoms with Crippen molar-refractivity contribution in [2.75, 3.05) is 6.54 Å². The quantitative estimate of drug-likeness (QED) is 0.501. The maximum Gasteiger partial charge on any atom is 0.0694 e. The van der Waals surface area contributed by atoms with Gasteiger partial charge in [-0.2, -0.15) is 0 Å². The van der Waals surface area contributed by atoms with Crippen LogP contribution in [0.4, 0.5) is 0 Å². The predicted octanol–water partition coefficient (Wildman–Crippen LogP) is 2.58. The first-order valence-electron chi connectivity index (χ1n) is 5.17. The van der Waals surface area contributed by atoms with E-state index in [1.807, 2.05) is 6.42 Å². The maximum absolute atomic E-state index is 3.72. The van der Waals surface area contributed by atoms with E-state index in [4.69, 9.17) is 0 Å². The van der Waals surface area contributed by atoms with Gasteiger partial charge in [0.05, 0.1) is 6.42 Å². The van der Waals surface area contributed by atoms with Crippen LogP contribution < -0.4 is 5.32 Å². The van der Waals surface area contributed by atoms with E-state index in [-0.39, 0.29) is 0 Å². The van der Waals surface area contributed by atoms with Gasteiger partial charge in [-0.15, -0.1) is 6.92 Å². The first-order valence-corrected chi connectivity index (χ1v) is 5.17. The summed E-state index contributed by atoms with van der Waals surface area (Å²) < 4.78 is 0. The molecule has 1 nitrogen and oxygen atoms in total. The van der Waals surface area contributed by atoms with Crippen LogP contribution in [0.3, 0.4) is 0 Å². The molecule has 1 aliphatic rings. The summed E-state index contributed by atoms with van der Waals surface area (Å²) in [5, 5.41) is 3.57. The number of hydrogen-bond donors (Lipinski definition) is 1. The van der Waals surface area contributed by atoms with Gasteiger partial charge in [0.15, 0.2) is 0 Å². The number of rotatable bonds is 4. The zero-order chi connectivity index (χ0) is 8.81. The van der Waals surface area contributed by atoms with Gasteiger partial charge in [-0.3, -0.25) is 0 Å². The highest BCUT2D eigenvalue weighted by molar-refractivity contribution is 4.76. The highest BCUT2D eigenvalue weighted by Crippen LogP contribution is 2.23. The van der Waals surface area contributed by atoms with Crippen molar-refractivity contribution in [1.82, 2.24) is 5.32 Å². The zero-order valence-electron chi connectivity index (χ0n) is 8.18. The normalized spacial score (nSPS) is 30.2. The summed E-state index contributed by atoms with van der Waals surface area (Å²) in [6.45, 7) is 7.19. The number of nitrogens with one attached hydrogen (secondary N) is 1. The van der Waals surface area contributed by atoms with E-state index in [9.17, 15) is 0 Å². The molecule has 12 heavy (non-hydrogen) atoms. The molecule has 70 valence electrons. The van der Waals surface area contributed by atoms with E-state index in [0.29, 0.717) is 0 Å². The monoisotopic (exact) mass is 167 g/mol. The molecule has 0 aliphatic heterocycles. The van der Waals surface area contributed by atoms with E-state index in [1.165, 1.54) is 25.7 Å². The SMILES string of the molecule is [CH2-][CH+]CCNC1CCC(C)CC1. The second-order valence-corrected chi connectivity index (χ2v) is 3.99.